The average Bonchev–Trinajstić information content (AvgIpc) is 2.93. The van der Waals surface area contributed by atoms with Gasteiger partial charge in [0.2, 0.25) is 0 Å². The summed E-state index contributed by atoms with van der Waals surface area (Å²) in [5.74, 6) is -0.203. The predicted octanol–water partition coefficient (Wildman–Crippen LogP) is 4.65. The number of hydrazone groups is 1. The van der Waals surface area contributed by atoms with E-state index in [4.69, 9.17) is 12.2 Å². The summed E-state index contributed by atoms with van der Waals surface area (Å²) in [6, 6.07) is 17.9. The van der Waals surface area contributed by atoms with Gasteiger partial charge in [0.05, 0.1) is 4.91 Å². The van der Waals surface area contributed by atoms with Crippen molar-refractivity contribution in [1.82, 2.24) is 5.01 Å². The van der Waals surface area contributed by atoms with Crippen LogP contribution < -0.4 is 4.90 Å². The lowest BCUT2D eigenvalue weighted by Gasteiger charge is -2.11. The summed E-state index contributed by atoms with van der Waals surface area (Å²) in [5, 5.41) is 5.45. The van der Waals surface area contributed by atoms with Crippen molar-refractivity contribution in [3.8, 4) is 0 Å². The van der Waals surface area contributed by atoms with Gasteiger partial charge in [0.25, 0.3) is 5.91 Å². The maximum atomic E-state index is 12.6. The highest BCUT2D eigenvalue weighted by Gasteiger charge is 2.31. The first-order chi connectivity index (χ1) is 13.0. The smallest absolute Gasteiger partial charge is 0.286 e. The standard InChI is InChI=1S/C21H19N3OS2/c1-23(2)18-12-10-17(11-13-18)15-19-20(25)24(21(26)27-19)22-14-6-9-16-7-4-3-5-8-16/h3-15H,1-2H3/b9-6-,19-15+,22-14+. The van der Waals surface area contributed by atoms with Crippen LogP contribution in [-0.2, 0) is 4.79 Å². The third kappa shape index (κ3) is 4.93. The van der Waals surface area contributed by atoms with Crippen molar-refractivity contribution in [1.29, 1.82) is 0 Å². The van der Waals surface area contributed by atoms with E-state index in [0.29, 0.717) is 9.23 Å². The van der Waals surface area contributed by atoms with E-state index < -0.39 is 0 Å². The minimum absolute atomic E-state index is 0.203. The summed E-state index contributed by atoms with van der Waals surface area (Å²) < 4.78 is 0.431. The average molecular weight is 394 g/mol. The number of anilines is 1. The van der Waals surface area contributed by atoms with E-state index in [0.717, 1.165) is 16.8 Å². The van der Waals surface area contributed by atoms with E-state index in [1.165, 1.54) is 16.8 Å². The van der Waals surface area contributed by atoms with E-state index in [-0.39, 0.29) is 5.91 Å². The Bertz CT molecular complexity index is 916. The molecule has 0 unspecified atom stereocenters. The Morgan fingerprint density at radius 2 is 1.74 bits per heavy atom. The number of benzene rings is 2. The Labute approximate surface area is 168 Å². The SMILES string of the molecule is CN(C)c1ccc(/C=C2/SC(=S)N(/N=C/C=C\c3ccccc3)C2=O)cc1. The van der Waals surface area contributed by atoms with Crippen molar-refractivity contribution >= 4 is 58.3 Å². The van der Waals surface area contributed by atoms with E-state index >= 15 is 0 Å². The topological polar surface area (TPSA) is 35.9 Å². The Morgan fingerprint density at radius 1 is 1.04 bits per heavy atom. The van der Waals surface area contributed by atoms with Crippen LogP contribution >= 0.6 is 24.0 Å². The maximum Gasteiger partial charge on any atom is 0.286 e. The second-order valence-electron chi connectivity index (χ2n) is 6.01. The predicted molar refractivity (Wildman–Crippen MR) is 120 cm³/mol. The molecule has 0 radical (unpaired) electrons. The molecule has 2 aromatic carbocycles. The largest absolute Gasteiger partial charge is 0.378 e. The Morgan fingerprint density at radius 3 is 2.41 bits per heavy atom. The molecule has 0 aromatic heterocycles. The number of hydrogen-bond acceptors (Lipinski definition) is 5. The zero-order chi connectivity index (χ0) is 19.2. The molecule has 136 valence electrons. The molecule has 0 aliphatic carbocycles. The van der Waals surface area contributed by atoms with Crippen LogP contribution in [0, 0.1) is 0 Å². The molecule has 6 heteroatoms. The number of amides is 1. The summed E-state index contributed by atoms with van der Waals surface area (Å²) in [6.07, 6.45) is 7.13. The molecule has 0 saturated carbocycles. The molecular formula is C21H19N3OS2. The second kappa shape index (κ2) is 8.79. The molecule has 2 aromatic rings. The Hall–Kier alpha value is -2.70. The molecule has 1 fully saturated rings. The van der Waals surface area contributed by atoms with Gasteiger partial charge in [-0.15, -0.1) is 0 Å². The molecule has 0 N–H and O–H groups in total. The fourth-order valence-corrected chi connectivity index (χ4v) is 3.58. The molecule has 1 heterocycles. The number of carbonyl (C=O) groups excluding carboxylic acids is 1. The van der Waals surface area contributed by atoms with E-state index in [9.17, 15) is 4.79 Å². The fraction of sp³-hybridized carbons (Fsp3) is 0.0952. The number of thioether (sulfide) groups is 1. The van der Waals surface area contributed by atoms with Gasteiger partial charge in [0.1, 0.15) is 0 Å². The maximum absolute atomic E-state index is 12.6. The highest BCUT2D eigenvalue weighted by atomic mass is 32.2. The highest BCUT2D eigenvalue weighted by Crippen LogP contribution is 2.32. The van der Waals surface area contributed by atoms with Crippen LogP contribution in [0.4, 0.5) is 5.69 Å². The third-order valence-electron chi connectivity index (χ3n) is 3.84. The summed E-state index contributed by atoms with van der Waals surface area (Å²) in [6.45, 7) is 0. The van der Waals surface area contributed by atoms with Crippen LogP contribution in [0.5, 0.6) is 0 Å². The molecule has 27 heavy (non-hydrogen) atoms. The van der Waals surface area contributed by atoms with Gasteiger partial charge in [-0.3, -0.25) is 4.79 Å². The molecule has 1 aliphatic heterocycles. The van der Waals surface area contributed by atoms with Crippen LogP contribution in [0.2, 0.25) is 0 Å². The molecular weight excluding hydrogens is 374 g/mol. The summed E-state index contributed by atoms with van der Waals surface area (Å²) >= 11 is 6.55. The first-order valence-electron chi connectivity index (χ1n) is 8.35. The third-order valence-corrected chi connectivity index (χ3v) is 5.12. The van der Waals surface area contributed by atoms with Crippen molar-refractivity contribution in [2.75, 3.05) is 19.0 Å². The summed E-state index contributed by atoms with van der Waals surface area (Å²) in [4.78, 5) is 15.2. The van der Waals surface area contributed by atoms with Crippen molar-refractivity contribution in [2.24, 2.45) is 5.10 Å². The van der Waals surface area contributed by atoms with Crippen LogP contribution in [-0.4, -0.2) is 35.5 Å². The van der Waals surface area contributed by atoms with Crippen LogP contribution in [0.15, 0.2) is 70.7 Å². The fourth-order valence-electron chi connectivity index (χ4n) is 2.40. The van der Waals surface area contributed by atoms with E-state index in [1.807, 2.05) is 85.7 Å². The molecule has 1 saturated heterocycles. The van der Waals surface area contributed by atoms with E-state index in [2.05, 4.69) is 5.10 Å². The number of nitrogens with zero attached hydrogens (tertiary/aromatic N) is 3. The number of thiocarbonyl (C=S) groups is 1. The van der Waals surface area contributed by atoms with Gasteiger partial charge in [0, 0.05) is 26.0 Å². The van der Waals surface area contributed by atoms with Crippen LogP contribution in [0.25, 0.3) is 12.2 Å². The van der Waals surface area contributed by atoms with Crippen molar-refractivity contribution in [2.45, 2.75) is 0 Å². The van der Waals surface area contributed by atoms with Crippen LogP contribution in [0.1, 0.15) is 11.1 Å². The van der Waals surface area contributed by atoms with Crippen molar-refractivity contribution in [3.05, 3.63) is 76.7 Å². The molecule has 4 nitrogen and oxygen atoms in total. The van der Waals surface area contributed by atoms with Crippen molar-refractivity contribution < 1.29 is 4.79 Å². The number of allylic oxidation sites excluding steroid dienone is 1. The van der Waals surface area contributed by atoms with Gasteiger partial charge in [-0.1, -0.05) is 60.3 Å². The first kappa shape index (κ1) is 19.1. The molecule has 1 aliphatic rings. The second-order valence-corrected chi connectivity index (χ2v) is 7.69. The first-order valence-corrected chi connectivity index (χ1v) is 9.58. The van der Waals surface area contributed by atoms with Gasteiger partial charge in [-0.25, -0.2) is 0 Å². The molecule has 3 rings (SSSR count). The number of rotatable bonds is 5. The lowest BCUT2D eigenvalue weighted by molar-refractivity contribution is -0.122. The zero-order valence-electron chi connectivity index (χ0n) is 15.1. The van der Waals surface area contributed by atoms with Gasteiger partial charge >= 0.3 is 0 Å². The summed E-state index contributed by atoms with van der Waals surface area (Å²) in [7, 11) is 3.98. The quantitative estimate of drug-likeness (QED) is 0.421. The Kier molecular flexibility index (Phi) is 6.21. The minimum atomic E-state index is -0.203. The van der Waals surface area contributed by atoms with Crippen LogP contribution in [0.3, 0.4) is 0 Å². The molecule has 0 spiro atoms. The monoisotopic (exact) mass is 393 g/mol. The molecule has 1 amide bonds. The number of hydrogen-bond donors (Lipinski definition) is 0. The van der Waals surface area contributed by atoms with Gasteiger partial charge in [-0.05, 0) is 47.6 Å². The van der Waals surface area contributed by atoms with E-state index in [1.54, 1.807) is 12.3 Å². The normalized spacial score (nSPS) is 16.2. The molecule has 0 atom stereocenters. The Balaban J connectivity index is 1.69. The number of carbonyl (C=O) groups is 1. The van der Waals surface area contributed by atoms with Gasteiger partial charge in [0.15, 0.2) is 4.32 Å². The molecule has 0 bridgehead atoms. The van der Waals surface area contributed by atoms with Gasteiger partial charge in [-0.2, -0.15) is 10.1 Å². The zero-order valence-corrected chi connectivity index (χ0v) is 16.7. The van der Waals surface area contributed by atoms with Crippen molar-refractivity contribution in [3.63, 3.8) is 0 Å². The summed E-state index contributed by atoms with van der Waals surface area (Å²) in [5.41, 5.74) is 3.12. The lowest BCUT2D eigenvalue weighted by atomic mass is 10.2. The minimum Gasteiger partial charge on any atom is -0.378 e. The highest BCUT2D eigenvalue weighted by molar-refractivity contribution is 8.26. The lowest BCUT2D eigenvalue weighted by Crippen LogP contribution is -2.21. The van der Waals surface area contributed by atoms with Gasteiger partial charge < -0.3 is 4.90 Å².